The zero-order valence-corrected chi connectivity index (χ0v) is 16.3. The highest BCUT2D eigenvalue weighted by molar-refractivity contribution is 6.31. The Hall–Kier alpha value is -2.40. The molecular weight excluding hydrogens is 367 g/mol. The minimum atomic E-state index is -0.652. The van der Waals surface area contributed by atoms with Crippen molar-refractivity contribution in [2.45, 2.75) is 39.3 Å². The van der Waals surface area contributed by atoms with E-state index >= 15 is 0 Å². The lowest BCUT2D eigenvalue weighted by molar-refractivity contribution is -0.140. The number of benzene rings is 2. The third kappa shape index (κ3) is 5.54. The van der Waals surface area contributed by atoms with E-state index in [-0.39, 0.29) is 24.8 Å². The Labute approximate surface area is 164 Å². The molecule has 0 saturated heterocycles. The molecule has 0 aliphatic heterocycles. The maximum atomic E-state index is 14.0. The Balaban J connectivity index is 2.32. The van der Waals surface area contributed by atoms with E-state index in [0.717, 1.165) is 5.56 Å². The fourth-order valence-electron chi connectivity index (χ4n) is 2.93. The van der Waals surface area contributed by atoms with Gasteiger partial charge in [0, 0.05) is 18.1 Å². The summed E-state index contributed by atoms with van der Waals surface area (Å²) in [6.45, 7) is 4.32. The van der Waals surface area contributed by atoms with Crippen LogP contribution in [-0.4, -0.2) is 29.3 Å². The lowest BCUT2D eigenvalue weighted by atomic mass is 10.1. The van der Waals surface area contributed by atoms with Crippen LogP contribution >= 0.6 is 11.6 Å². The van der Waals surface area contributed by atoms with Crippen LogP contribution in [0.1, 0.15) is 31.4 Å². The van der Waals surface area contributed by atoms with Gasteiger partial charge in [-0.1, -0.05) is 54.9 Å². The van der Waals surface area contributed by atoms with Crippen molar-refractivity contribution in [3.05, 3.63) is 70.5 Å². The van der Waals surface area contributed by atoms with Gasteiger partial charge in [0.1, 0.15) is 11.9 Å². The van der Waals surface area contributed by atoms with Crippen molar-refractivity contribution in [2.75, 3.05) is 6.54 Å². The number of nitrogens with one attached hydrogen (secondary N) is 1. The van der Waals surface area contributed by atoms with Crippen LogP contribution in [0.3, 0.4) is 0 Å². The number of halogens is 2. The van der Waals surface area contributed by atoms with Gasteiger partial charge >= 0.3 is 0 Å². The van der Waals surface area contributed by atoms with Crippen molar-refractivity contribution < 1.29 is 14.0 Å². The summed E-state index contributed by atoms with van der Waals surface area (Å²) in [5, 5.41) is 3.29. The molecule has 2 aromatic rings. The highest BCUT2D eigenvalue weighted by atomic mass is 35.5. The standard InChI is InChI=1S/C21H24ClFN2O2/c1-3-19(21(27)24-4-2)25(14-16-10-5-7-11-17(16)22)20(26)13-15-9-6-8-12-18(15)23/h5-12,19H,3-4,13-14H2,1-2H3,(H,24,27)/t19-/m1/s1. The van der Waals surface area contributed by atoms with E-state index in [1.807, 2.05) is 26.0 Å². The Bertz CT molecular complexity index is 797. The van der Waals surface area contributed by atoms with Gasteiger partial charge < -0.3 is 10.2 Å². The number of nitrogens with zero attached hydrogens (tertiary/aromatic N) is 1. The summed E-state index contributed by atoms with van der Waals surface area (Å²) in [6, 6.07) is 12.7. The lowest BCUT2D eigenvalue weighted by Crippen LogP contribution is -2.49. The van der Waals surface area contributed by atoms with E-state index in [0.29, 0.717) is 23.6 Å². The molecule has 0 aromatic heterocycles. The largest absolute Gasteiger partial charge is 0.355 e. The zero-order chi connectivity index (χ0) is 19.8. The molecule has 144 valence electrons. The number of carbonyl (C=O) groups excluding carboxylic acids is 2. The lowest BCUT2D eigenvalue weighted by Gasteiger charge is -2.31. The van der Waals surface area contributed by atoms with Crippen LogP contribution in [-0.2, 0) is 22.6 Å². The number of rotatable bonds is 8. The summed E-state index contributed by atoms with van der Waals surface area (Å²) in [6.07, 6.45) is 0.326. The topological polar surface area (TPSA) is 49.4 Å². The second kappa shape index (κ2) is 10.1. The Kier molecular flexibility index (Phi) is 7.80. The molecule has 6 heteroatoms. The number of carbonyl (C=O) groups is 2. The van der Waals surface area contributed by atoms with Crippen LogP contribution in [0.5, 0.6) is 0 Å². The van der Waals surface area contributed by atoms with Crippen molar-refractivity contribution in [2.24, 2.45) is 0 Å². The van der Waals surface area contributed by atoms with Crippen molar-refractivity contribution in [3.8, 4) is 0 Å². The van der Waals surface area contributed by atoms with E-state index in [1.165, 1.54) is 11.0 Å². The third-order valence-electron chi connectivity index (χ3n) is 4.33. The molecule has 4 nitrogen and oxygen atoms in total. The van der Waals surface area contributed by atoms with Gasteiger partial charge in [-0.05, 0) is 36.6 Å². The molecular formula is C21H24ClFN2O2. The molecule has 0 saturated carbocycles. The summed E-state index contributed by atoms with van der Waals surface area (Å²) in [4.78, 5) is 27.0. The van der Waals surface area contributed by atoms with Crippen molar-refractivity contribution in [1.29, 1.82) is 0 Å². The highest BCUT2D eigenvalue weighted by Gasteiger charge is 2.29. The summed E-state index contributed by atoms with van der Waals surface area (Å²) in [5.74, 6) is -0.985. The first-order valence-corrected chi connectivity index (χ1v) is 9.39. The van der Waals surface area contributed by atoms with E-state index in [2.05, 4.69) is 5.32 Å². The van der Waals surface area contributed by atoms with Gasteiger partial charge in [-0.2, -0.15) is 0 Å². The minimum Gasteiger partial charge on any atom is -0.355 e. The van der Waals surface area contributed by atoms with Crippen molar-refractivity contribution in [1.82, 2.24) is 10.2 Å². The van der Waals surface area contributed by atoms with Gasteiger partial charge in [0.2, 0.25) is 11.8 Å². The molecule has 2 amide bonds. The van der Waals surface area contributed by atoms with E-state index in [4.69, 9.17) is 11.6 Å². The molecule has 0 aliphatic carbocycles. The molecule has 2 aromatic carbocycles. The highest BCUT2D eigenvalue weighted by Crippen LogP contribution is 2.21. The minimum absolute atomic E-state index is 0.118. The Morgan fingerprint density at radius 2 is 1.70 bits per heavy atom. The number of amides is 2. The summed E-state index contributed by atoms with van der Waals surface area (Å²) in [5.41, 5.74) is 1.04. The molecule has 0 bridgehead atoms. The van der Waals surface area contributed by atoms with Crippen molar-refractivity contribution >= 4 is 23.4 Å². The van der Waals surface area contributed by atoms with Gasteiger partial charge in [-0.3, -0.25) is 9.59 Å². The molecule has 2 rings (SSSR count). The summed E-state index contributed by atoms with van der Waals surface area (Å²) < 4.78 is 14.0. The number of hydrogen-bond acceptors (Lipinski definition) is 2. The summed E-state index contributed by atoms with van der Waals surface area (Å²) >= 11 is 6.25. The van der Waals surface area contributed by atoms with Crippen LogP contribution in [0.15, 0.2) is 48.5 Å². The predicted molar refractivity (Wildman–Crippen MR) is 105 cm³/mol. The fraction of sp³-hybridized carbons (Fsp3) is 0.333. The molecule has 1 N–H and O–H groups in total. The molecule has 0 unspecified atom stereocenters. The normalized spacial score (nSPS) is 11.7. The molecule has 0 radical (unpaired) electrons. The third-order valence-corrected chi connectivity index (χ3v) is 4.70. The molecule has 1 atom stereocenters. The van der Waals surface area contributed by atoms with Gasteiger partial charge in [-0.25, -0.2) is 4.39 Å². The molecule has 0 heterocycles. The number of hydrogen-bond donors (Lipinski definition) is 1. The van der Waals surface area contributed by atoms with Crippen molar-refractivity contribution in [3.63, 3.8) is 0 Å². The monoisotopic (exact) mass is 390 g/mol. The summed E-state index contributed by atoms with van der Waals surface area (Å²) in [7, 11) is 0. The Morgan fingerprint density at radius 3 is 2.30 bits per heavy atom. The second-order valence-corrected chi connectivity index (χ2v) is 6.61. The SMILES string of the molecule is CCNC(=O)[C@@H](CC)N(Cc1ccccc1Cl)C(=O)Cc1ccccc1F. The van der Waals surface area contributed by atoms with Gasteiger partial charge in [0.15, 0.2) is 0 Å². The van der Waals surface area contributed by atoms with Gasteiger partial charge in [-0.15, -0.1) is 0 Å². The van der Waals surface area contributed by atoms with Crippen LogP contribution in [0, 0.1) is 5.82 Å². The molecule has 0 fully saturated rings. The van der Waals surface area contributed by atoms with E-state index < -0.39 is 11.9 Å². The van der Waals surface area contributed by atoms with Gasteiger partial charge in [0.25, 0.3) is 0 Å². The van der Waals surface area contributed by atoms with E-state index in [1.54, 1.807) is 30.3 Å². The van der Waals surface area contributed by atoms with Crippen LogP contribution in [0.25, 0.3) is 0 Å². The van der Waals surface area contributed by atoms with Crippen LogP contribution < -0.4 is 5.32 Å². The average Bonchev–Trinajstić information content (AvgIpc) is 2.65. The zero-order valence-electron chi connectivity index (χ0n) is 15.5. The maximum absolute atomic E-state index is 14.0. The Morgan fingerprint density at radius 1 is 1.07 bits per heavy atom. The first-order valence-electron chi connectivity index (χ1n) is 9.01. The quantitative estimate of drug-likeness (QED) is 0.741. The first-order chi connectivity index (χ1) is 13.0. The van der Waals surface area contributed by atoms with Crippen LogP contribution in [0.2, 0.25) is 5.02 Å². The second-order valence-electron chi connectivity index (χ2n) is 6.20. The predicted octanol–water partition coefficient (Wildman–Crippen LogP) is 3.97. The molecule has 0 aliphatic rings. The molecule has 0 spiro atoms. The van der Waals surface area contributed by atoms with Crippen LogP contribution in [0.4, 0.5) is 4.39 Å². The molecule has 27 heavy (non-hydrogen) atoms. The van der Waals surface area contributed by atoms with Gasteiger partial charge in [0.05, 0.1) is 6.42 Å². The van der Waals surface area contributed by atoms with E-state index in [9.17, 15) is 14.0 Å². The smallest absolute Gasteiger partial charge is 0.242 e. The maximum Gasteiger partial charge on any atom is 0.242 e. The average molecular weight is 391 g/mol. The fourth-order valence-corrected chi connectivity index (χ4v) is 3.12. The first kappa shape index (κ1) is 20.9. The number of likely N-dealkylation sites (N-methyl/N-ethyl adjacent to an activating group) is 1.